The van der Waals surface area contributed by atoms with Crippen molar-refractivity contribution in [2.24, 2.45) is 0 Å². The monoisotopic (exact) mass is 167 g/mol. The van der Waals surface area contributed by atoms with Crippen molar-refractivity contribution in [1.82, 2.24) is 15.0 Å². The van der Waals surface area contributed by atoms with Crippen LogP contribution in [0.1, 0.15) is 51.8 Å². The molecule has 1 heterocycles. The molecule has 0 aliphatic carbocycles. The summed E-state index contributed by atoms with van der Waals surface area (Å²) >= 11 is 0. The van der Waals surface area contributed by atoms with E-state index in [0.717, 1.165) is 12.1 Å². The van der Waals surface area contributed by atoms with Gasteiger partial charge in [-0.1, -0.05) is 26.0 Å². The van der Waals surface area contributed by atoms with Gasteiger partial charge in [-0.15, -0.1) is 5.10 Å². The molecule has 0 fully saturated rings. The van der Waals surface area contributed by atoms with Crippen molar-refractivity contribution in [1.29, 1.82) is 0 Å². The van der Waals surface area contributed by atoms with Gasteiger partial charge in [-0.3, -0.25) is 0 Å². The minimum atomic E-state index is 0.463. The van der Waals surface area contributed by atoms with Crippen LogP contribution in [0.25, 0.3) is 0 Å². The number of hydrogen-bond acceptors (Lipinski definition) is 2. The second kappa shape index (κ2) is 3.70. The summed E-state index contributed by atoms with van der Waals surface area (Å²) in [6.07, 6.45) is 3.14. The Hall–Kier alpha value is -0.860. The zero-order chi connectivity index (χ0) is 9.14. The van der Waals surface area contributed by atoms with Gasteiger partial charge in [0.2, 0.25) is 0 Å². The summed E-state index contributed by atoms with van der Waals surface area (Å²) in [4.78, 5) is 0. The molecule has 1 rings (SSSR count). The quantitative estimate of drug-likeness (QED) is 0.692. The Morgan fingerprint density at radius 1 is 1.42 bits per heavy atom. The Bertz CT molecular complexity index is 240. The Labute approximate surface area is 73.8 Å². The fraction of sp³-hybridized carbons (Fsp3) is 0.778. The molecule has 0 amide bonds. The highest BCUT2D eigenvalue weighted by Crippen LogP contribution is 2.13. The molecular weight excluding hydrogens is 150 g/mol. The van der Waals surface area contributed by atoms with E-state index in [9.17, 15) is 0 Å². The maximum Gasteiger partial charge on any atom is 0.0852 e. The average Bonchev–Trinajstić information content (AvgIpc) is 2.51. The minimum Gasteiger partial charge on any atom is -0.250 e. The number of rotatable bonds is 3. The van der Waals surface area contributed by atoms with Gasteiger partial charge in [-0.25, -0.2) is 4.68 Å². The Kier molecular flexibility index (Phi) is 2.84. The van der Waals surface area contributed by atoms with E-state index >= 15 is 0 Å². The molecule has 0 aromatic carbocycles. The Morgan fingerprint density at radius 3 is 2.50 bits per heavy atom. The first-order chi connectivity index (χ1) is 5.65. The van der Waals surface area contributed by atoms with Crippen LogP contribution in [0.4, 0.5) is 0 Å². The van der Waals surface area contributed by atoms with E-state index in [-0.39, 0.29) is 0 Å². The predicted octanol–water partition coefficient (Wildman–Crippen LogP) is 2.37. The van der Waals surface area contributed by atoms with Crippen LogP contribution in [-0.4, -0.2) is 15.0 Å². The van der Waals surface area contributed by atoms with Gasteiger partial charge in [0.1, 0.15) is 0 Å². The Balaban J connectivity index is 2.77. The molecule has 1 unspecified atom stereocenters. The van der Waals surface area contributed by atoms with Crippen molar-refractivity contribution in [3.8, 4) is 0 Å². The van der Waals surface area contributed by atoms with Gasteiger partial charge in [-0.05, 0) is 19.3 Å². The lowest BCUT2D eigenvalue weighted by Gasteiger charge is -2.06. The molecule has 12 heavy (non-hydrogen) atoms. The SMILES string of the molecule is CCC(C)n1cc(C(C)C)nn1. The van der Waals surface area contributed by atoms with E-state index in [4.69, 9.17) is 0 Å². The molecule has 0 saturated carbocycles. The van der Waals surface area contributed by atoms with Crippen molar-refractivity contribution in [3.63, 3.8) is 0 Å². The van der Waals surface area contributed by atoms with Gasteiger partial charge < -0.3 is 0 Å². The average molecular weight is 167 g/mol. The van der Waals surface area contributed by atoms with Crippen molar-refractivity contribution in [2.45, 2.75) is 46.1 Å². The van der Waals surface area contributed by atoms with E-state index in [1.165, 1.54) is 0 Å². The maximum atomic E-state index is 4.10. The molecular formula is C9H17N3. The third kappa shape index (κ3) is 1.84. The van der Waals surface area contributed by atoms with Crippen LogP contribution in [0.5, 0.6) is 0 Å². The molecule has 1 aromatic heterocycles. The maximum absolute atomic E-state index is 4.10. The largest absolute Gasteiger partial charge is 0.250 e. The summed E-state index contributed by atoms with van der Waals surface area (Å²) < 4.78 is 1.94. The number of aromatic nitrogens is 3. The highest BCUT2D eigenvalue weighted by molar-refractivity contribution is 4.98. The zero-order valence-corrected chi connectivity index (χ0v) is 8.28. The predicted molar refractivity (Wildman–Crippen MR) is 49.1 cm³/mol. The fourth-order valence-electron chi connectivity index (χ4n) is 0.957. The van der Waals surface area contributed by atoms with E-state index in [0.29, 0.717) is 12.0 Å². The molecule has 0 spiro atoms. The van der Waals surface area contributed by atoms with E-state index < -0.39 is 0 Å². The number of hydrogen-bond donors (Lipinski definition) is 0. The lowest BCUT2D eigenvalue weighted by Crippen LogP contribution is -2.03. The van der Waals surface area contributed by atoms with Crippen LogP contribution >= 0.6 is 0 Å². The third-order valence-corrected chi connectivity index (χ3v) is 2.16. The molecule has 0 radical (unpaired) electrons. The summed E-state index contributed by atoms with van der Waals surface area (Å²) in [5, 5.41) is 8.17. The molecule has 0 aliphatic rings. The second-order valence-corrected chi connectivity index (χ2v) is 3.54. The highest BCUT2D eigenvalue weighted by atomic mass is 15.4. The summed E-state index contributed by atoms with van der Waals surface area (Å²) in [5.41, 5.74) is 1.08. The molecule has 0 bridgehead atoms. The first-order valence-electron chi connectivity index (χ1n) is 4.56. The molecule has 1 atom stereocenters. The van der Waals surface area contributed by atoms with Gasteiger partial charge in [0.15, 0.2) is 0 Å². The van der Waals surface area contributed by atoms with Gasteiger partial charge in [0.05, 0.1) is 11.7 Å². The zero-order valence-electron chi connectivity index (χ0n) is 8.28. The van der Waals surface area contributed by atoms with Crippen LogP contribution in [0.2, 0.25) is 0 Å². The smallest absolute Gasteiger partial charge is 0.0852 e. The van der Waals surface area contributed by atoms with Crippen molar-refractivity contribution in [2.75, 3.05) is 0 Å². The summed E-state index contributed by atoms with van der Waals surface area (Å²) in [6.45, 7) is 8.57. The van der Waals surface area contributed by atoms with Crippen LogP contribution in [-0.2, 0) is 0 Å². The summed E-state index contributed by atoms with van der Waals surface area (Å²) in [6, 6.07) is 0.463. The summed E-state index contributed by atoms with van der Waals surface area (Å²) in [7, 11) is 0. The molecule has 3 heteroatoms. The van der Waals surface area contributed by atoms with Crippen LogP contribution in [0.15, 0.2) is 6.20 Å². The van der Waals surface area contributed by atoms with Gasteiger partial charge in [0.25, 0.3) is 0 Å². The fourth-order valence-corrected chi connectivity index (χ4v) is 0.957. The van der Waals surface area contributed by atoms with Crippen molar-refractivity contribution >= 4 is 0 Å². The molecule has 68 valence electrons. The van der Waals surface area contributed by atoms with Crippen LogP contribution < -0.4 is 0 Å². The lowest BCUT2D eigenvalue weighted by atomic mass is 10.1. The number of nitrogens with zero attached hydrogens (tertiary/aromatic N) is 3. The van der Waals surface area contributed by atoms with Crippen molar-refractivity contribution < 1.29 is 0 Å². The molecule has 0 N–H and O–H groups in total. The van der Waals surface area contributed by atoms with Crippen LogP contribution in [0, 0.1) is 0 Å². The first kappa shape index (κ1) is 9.23. The molecule has 0 aliphatic heterocycles. The standard InChI is InChI=1S/C9H17N3/c1-5-8(4)12-6-9(7(2)3)10-11-12/h6-8H,5H2,1-4H3. The van der Waals surface area contributed by atoms with E-state index in [2.05, 4.69) is 38.0 Å². The van der Waals surface area contributed by atoms with Gasteiger partial charge >= 0.3 is 0 Å². The van der Waals surface area contributed by atoms with Crippen molar-refractivity contribution in [3.05, 3.63) is 11.9 Å². The van der Waals surface area contributed by atoms with Gasteiger partial charge in [0, 0.05) is 6.20 Å². The summed E-state index contributed by atoms with van der Waals surface area (Å²) in [5.74, 6) is 0.475. The van der Waals surface area contributed by atoms with Crippen LogP contribution in [0.3, 0.4) is 0 Å². The molecule has 0 saturated heterocycles. The van der Waals surface area contributed by atoms with E-state index in [1.54, 1.807) is 0 Å². The minimum absolute atomic E-state index is 0.463. The Morgan fingerprint density at radius 2 is 2.08 bits per heavy atom. The molecule has 3 nitrogen and oxygen atoms in total. The molecule has 1 aromatic rings. The third-order valence-electron chi connectivity index (χ3n) is 2.16. The normalized spacial score (nSPS) is 13.8. The lowest BCUT2D eigenvalue weighted by molar-refractivity contribution is 0.464. The second-order valence-electron chi connectivity index (χ2n) is 3.54. The topological polar surface area (TPSA) is 30.7 Å². The van der Waals surface area contributed by atoms with E-state index in [1.807, 2.05) is 10.9 Å². The first-order valence-corrected chi connectivity index (χ1v) is 4.56. The van der Waals surface area contributed by atoms with Gasteiger partial charge in [-0.2, -0.15) is 0 Å². The highest BCUT2D eigenvalue weighted by Gasteiger charge is 2.07.